The number of fused-ring (bicyclic) bond motifs is 3. The van der Waals surface area contributed by atoms with E-state index in [2.05, 4.69) is 11.1 Å². The van der Waals surface area contributed by atoms with Gasteiger partial charge in [0.15, 0.2) is 0 Å². The van der Waals surface area contributed by atoms with Crippen LogP contribution < -0.4 is 4.74 Å². The summed E-state index contributed by atoms with van der Waals surface area (Å²) in [6, 6.07) is 18.3. The smallest absolute Gasteiger partial charge is 0.137 e. The van der Waals surface area contributed by atoms with E-state index >= 15 is 0 Å². The van der Waals surface area contributed by atoms with Crippen LogP contribution >= 0.6 is 0 Å². The van der Waals surface area contributed by atoms with Crippen molar-refractivity contribution in [3.8, 4) is 11.8 Å². The quantitative estimate of drug-likeness (QED) is 0.390. The zero-order valence-electron chi connectivity index (χ0n) is 19.7. The first-order chi connectivity index (χ1) is 17.6. The summed E-state index contributed by atoms with van der Waals surface area (Å²) in [4.78, 5) is 4.63. The zero-order valence-corrected chi connectivity index (χ0v) is 19.7. The zero-order chi connectivity index (χ0) is 24.8. The number of benzene rings is 2. The molecule has 1 atom stereocenters. The second-order valence-electron chi connectivity index (χ2n) is 9.23. The fourth-order valence-corrected chi connectivity index (χ4v) is 5.04. The Hall–Kier alpha value is -3.99. The van der Waals surface area contributed by atoms with E-state index in [4.69, 9.17) is 9.47 Å². The van der Waals surface area contributed by atoms with Gasteiger partial charge in [0.1, 0.15) is 29.9 Å². The third kappa shape index (κ3) is 3.76. The monoisotopic (exact) mass is 481 g/mol. The number of rotatable bonds is 5. The van der Waals surface area contributed by atoms with Gasteiger partial charge in [-0.15, -0.1) is 0 Å². The van der Waals surface area contributed by atoms with E-state index in [1.165, 1.54) is 12.1 Å². The maximum absolute atomic E-state index is 14.1. The number of nitrogens with zero attached hydrogens (tertiary/aromatic N) is 3. The molecule has 0 saturated heterocycles. The molecule has 2 aliphatic rings. The van der Waals surface area contributed by atoms with E-state index in [0.717, 1.165) is 40.8 Å². The van der Waals surface area contributed by atoms with Crippen LogP contribution in [0.3, 0.4) is 0 Å². The van der Waals surface area contributed by atoms with Crippen molar-refractivity contribution < 1.29 is 19.0 Å². The highest BCUT2D eigenvalue weighted by atomic mass is 19.1. The molecule has 0 amide bonds. The average Bonchev–Trinajstić information content (AvgIpc) is 3.68. The third-order valence-corrected chi connectivity index (χ3v) is 6.87. The van der Waals surface area contributed by atoms with E-state index in [1.54, 1.807) is 13.2 Å². The second-order valence-corrected chi connectivity index (χ2v) is 9.23. The van der Waals surface area contributed by atoms with E-state index in [1.807, 2.05) is 47.0 Å². The number of ether oxygens (including phenoxy) is 2. The largest absolute Gasteiger partial charge is 0.488 e. The number of halogens is 1. The Labute approximate surface area is 207 Å². The van der Waals surface area contributed by atoms with Gasteiger partial charge in [-0.05, 0) is 65.8 Å². The SMILES string of the molecule is COCc1nc2ccccn2c1C(O)c1ccc2c(c1)COc1cc(F)ccc1C2=C(C#N)C1CC1. The summed E-state index contributed by atoms with van der Waals surface area (Å²) in [6.07, 6.45) is 2.83. The van der Waals surface area contributed by atoms with E-state index < -0.39 is 11.9 Å². The van der Waals surface area contributed by atoms with Gasteiger partial charge < -0.3 is 19.0 Å². The molecule has 1 unspecified atom stereocenters. The highest BCUT2D eigenvalue weighted by molar-refractivity contribution is 5.89. The minimum Gasteiger partial charge on any atom is -0.488 e. The predicted octanol–water partition coefficient (Wildman–Crippen LogP) is 5.33. The molecule has 1 fully saturated rings. The van der Waals surface area contributed by atoms with Gasteiger partial charge >= 0.3 is 0 Å². The first kappa shape index (κ1) is 22.5. The molecule has 1 aliphatic heterocycles. The van der Waals surface area contributed by atoms with Gasteiger partial charge in [0.25, 0.3) is 0 Å². The highest BCUT2D eigenvalue weighted by Gasteiger charge is 2.33. The Morgan fingerprint density at radius 1 is 1.22 bits per heavy atom. The Bertz CT molecular complexity index is 1560. The van der Waals surface area contributed by atoms with Crippen LogP contribution in [0.1, 0.15) is 52.6 Å². The maximum atomic E-state index is 14.1. The topological polar surface area (TPSA) is 79.8 Å². The Morgan fingerprint density at radius 3 is 2.83 bits per heavy atom. The molecule has 1 saturated carbocycles. The molecule has 2 aromatic heterocycles. The van der Waals surface area contributed by atoms with Crippen molar-refractivity contribution in [1.82, 2.24) is 9.38 Å². The van der Waals surface area contributed by atoms with Gasteiger partial charge in [-0.25, -0.2) is 9.37 Å². The number of hydrogen-bond acceptors (Lipinski definition) is 5. The molecule has 2 aromatic carbocycles. The summed E-state index contributed by atoms with van der Waals surface area (Å²) in [7, 11) is 1.60. The lowest BCUT2D eigenvalue weighted by molar-refractivity contribution is 0.172. The fraction of sp³-hybridized carbons (Fsp3) is 0.241. The first-order valence-corrected chi connectivity index (χ1v) is 11.9. The van der Waals surface area contributed by atoms with Crippen molar-refractivity contribution in [2.24, 2.45) is 5.92 Å². The standard InChI is InChI=1S/C29H24FN3O3/c1-35-16-24-28(33-11-3-2-4-26(33)32-24)29(34)18-7-9-21-19(12-18)15-36-25-13-20(30)8-10-22(25)27(21)23(14-31)17-5-6-17/h2-4,7-13,17,29,34H,5-6,15-16H2,1H3. The van der Waals surface area contributed by atoms with Crippen molar-refractivity contribution in [2.75, 3.05) is 7.11 Å². The maximum Gasteiger partial charge on any atom is 0.137 e. The van der Waals surface area contributed by atoms with Crippen molar-refractivity contribution in [2.45, 2.75) is 32.2 Å². The fourth-order valence-electron chi connectivity index (χ4n) is 5.04. The van der Waals surface area contributed by atoms with E-state index in [9.17, 15) is 14.8 Å². The highest BCUT2D eigenvalue weighted by Crippen LogP contribution is 2.46. The van der Waals surface area contributed by atoms with Crippen molar-refractivity contribution in [3.63, 3.8) is 0 Å². The molecular formula is C29H24FN3O3. The van der Waals surface area contributed by atoms with Gasteiger partial charge in [0, 0.05) is 36.1 Å². The van der Waals surface area contributed by atoms with Crippen molar-refractivity contribution in [1.29, 1.82) is 5.26 Å². The number of pyridine rings is 1. The van der Waals surface area contributed by atoms with Gasteiger partial charge in [-0.1, -0.05) is 18.2 Å². The lowest BCUT2D eigenvalue weighted by Crippen LogP contribution is -2.09. The summed E-state index contributed by atoms with van der Waals surface area (Å²) in [5, 5.41) is 21.6. The molecule has 6 rings (SSSR count). The van der Waals surface area contributed by atoms with Gasteiger partial charge in [-0.2, -0.15) is 5.26 Å². The van der Waals surface area contributed by atoms with Crippen LogP contribution in [0.5, 0.6) is 5.75 Å². The number of nitriles is 1. The Kier molecular flexibility index (Phi) is 5.56. The molecule has 0 bridgehead atoms. The number of hydrogen-bond donors (Lipinski definition) is 1. The molecule has 0 radical (unpaired) electrons. The summed E-state index contributed by atoms with van der Waals surface area (Å²) in [5.74, 6) is 0.230. The van der Waals surface area contributed by atoms with Crippen LogP contribution in [0.2, 0.25) is 0 Å². The molecule has 36 heavy (non-hydrogen) atoms. The third-order valence-electron chi connectivity index (χ3n) is 6.87. The van der Waals surface area contributed by atoms with Gasteiger partial charge in [-0.3, -0.25) is 0 Å². The molecule has 0 spiro atoms. The number of aromatic nitrogens is 2. The molecule has 6 nitrogen and oxygen atoms in total. The lowest BCUT2D eigenvalue weighted by Gasteiger charge is -2.17. The number of imidazole rings is 1. The van der Waals surface area contributed by atoms with Crippen LogP contribution in [0.25, 0.3) is 11.2 Å². The van der Waals surface area contributed by atoms with Gasteiger partial charge in [0.2, 0.25) is 0 Å². The summed E-state index contributed by atoms with van der Waals surface area (Å²) >= 11 is 0. The number of aliphatic hydroxyl groups is 1. The molecule has 1 aliphatic carbocycles. The minimum atomic E-state index is -0.966. The van der Waals surface area contributed by atoms with E-state index in [0.29, 0.717) is 28.3 Å². The minimum absolute atomic E-state index is 0.192. The van der Waals surface area contributed by atoms with Crippen LogP contribution in [-0.2, 0) is 18.0 Å². The lowest BCUT2D eigenvalue weighted by atomic mass is 9.87. The normalized spacial score (nSPS) is 16.9. The summed E-state index contributed by atoms with van der Waals surface area (Å²) < 4.78 is 27.3. The Morgan fingerprint density at radius 2 is 2.06 bits per heavy atom. The summed E-state index contributed by atoms with van der Waals surface area (Å²) in [6.45, 7) is 0.458. The van der Waals surface area contributed by atoms with Gasteiger partial charge in [0.05, 0.1) is 24.1 Å². The number of aliphatic hydroxyl groups excluding tert-OH is 1. The molecule has 3 heterocycles. The van der Waals surface area contributed by atoms with Crippen molar-refractivity contribution >= 4 is 11.2 Å². The Balaban J connectivity index is 1.50. The number of allylic oxidation sites excluding steroid dienone is 1. The van der Waals surface area contributed by atoms with Crippen LogP contribution in [0, 0.1) is 23.1 Å². The summed E-state index contributed by atoms with van der Waals surface area (Å²) in [5.41, 5.74) is 6.60. The molecule has 4 aromatic rings. The molecule has 180 valence electrons. The van der Waals surface area contributed by atoms with Crippen LogP contribution in [-0.4, -0.2) is 21.6 Å². The predicted molar refractivity (Wildman–Crippen MR) is 131 cm³/mol. The van der Waals surface area contributed by atoms with Crippen LogP contribution in [0.4, 0.5) is 4.39 Å². The van der Waals surface area contributed by atoms with Crippen LogP contribution in [0.15, 0.2) is 66.4 Å². The first-order valence-electron chi connectivity index (χ1n) is 11.9. The second kappa shape index (κ2) is 8.90. The average molecular weight is 482 g/mol. The molecule has 7 heteroatoms. The van der Waals surface area contributed by atoms with Crippen molar-refractivity contribution in [3.05, 3.63) is 106 Å². The van der Waals surface area contributed by atoms with E-state index in [-0.39, 0.29) is 19.1 Å². The molecule has 1 N–H and O–H groups in total. The number of methoxy groups -OCH3 is 1. The molecular weight excluding hydrogens is 457 g/mol.